The largest absolute Gasteiger partial charge is 0.362 e. The Kier molecular flexibility index (Phi) is 2.83. The molecule has 0 aromatic carbocycles. The Labute approximate surface area is 79.4 Å². The van der Waals surface area contributed by atoms with Gasteiger partial charge in [-0.2, -0.15) is 0 Å². The van der Waals surface area contributed by atoms with Gasteiger partial charge < -0.3 is 9.47 Å². The zero-order valence-electron chi connectivity index (χ0n) is 8.40. The predicted molar refractivity (Wildman–Crippen MR) is 49.1 cm³/mol. The monoisotopic (exact) mass is 186 g/mol. The van der Waals surface area contributed by atoms with Gasteiger partial charge in [-0.15, -0.1) is 0 Å². The van der Waals surface area contributed by atoms with Crippen LogP contribution in [0.15, 0.2) is 0 Å². The fourth-order valence-electron chi connectivity index (χ4n) is 1.88. The third-order valence-corrected chi connectivity index (χ3v) is 2.51. The molecule has 0 radical (unpaired) electrons. The Morgan fingerprint density at radius 1 is 1.00 bits per heavy atom. The summed E-state index contributed by atoms with van der Waals surface area (Å²) in [5, 5.41) is 0. The summed E-state index contributed by atoms with van der Waals surface area (Å²) >= 11 is 0. The van der Waals surface area contributed by atoms with Crippen molar-refractivity contribution in [1.29, 1.82) is 0 Å². The third-order valence-electron chi connectivity index (χ3n) is 2.51. The average Bonchev–Trinajstić information content (AvgIpc) is 2.62. The van der Waals surface area contributed by atoms with Crippen molar-refractivity contribution in [2.45, 2.75) is 26.1 Å². The maximum absolute atomic E-state index is 5.46. The van der Waals surface area contributed by atoms with Crippen molar-refractivity contribution in [3.8, 4) is 0 Å². The van der Waals surface area contributed by atoms with Crippen molar-refractivity contribution in [3.05, 3.63) is 0 Å². The highest BCUT2D eigenvalue weighted by Crippen LogP contribution is 2.12. The highest BCUT2D eigenvalue weighted by atomic mass is 16.5. The molecular weight excluding hydrogens is 168 g/mol. The lowest BCUT2D eigenvalue weighted by Crippen LogP contribution is -2.35. The van der Waals surface area contributed by atoms with E-state index in [4.69, 9.17) is 9.47 Å². The van der Waals surface area contributed by atoms with E-state index in [1.165, 1.54) is 0 Å². The van der Waals surface area contributed by atoms with Gasteiger partial charge in [-0.3, -0.25) is 9.80 Å². The first-order valence-electron chi connectivity index (χ1n) is 4.92. The Hall–Kier alpha value is -0.160. The molecule has 0 bridgehead atoms. The molecule has 0 amide bonds. The fourth-order valence-corrected chi connectivity index (χ4v) is 1.88. The van der Waals surface area contributed by atoms with Crippen LogP contribution in [0.25, 0.3) is 0 Å². The molecule has 2 rings (SSSR count). The van der Waals surface area contributed by atoms with E-state index in [1.807, 2.05) is 0 Å². The molecule has 0 aromatic heterocycles. The minimum absolute atomic E-state index is 0.390. The molecule has 0 spiro atoms. The topological polar surface area (TPSA) is 24.9 Å². The molecule has 2 aliphatic rings. The molecule has 13 heavy (non-hydrogen) atoms. The second kappa shape index (κ2) is 3.92. The third kappa shape index (κ3) is 2.40. The minimum Gasteiger partial charge on any atom is -0.362 e. The van der Waals surface area contributed by atoms with E-state index in [0.717, 1.165) is 33.2 Å². The predicted octanol–water partition coefficient (Wildman–Crippen LogP) is 0.300. The second-order valence-electron chi connectivity index (χ2n) is 4.06. The molecule has 76 valence electrons. The smallest absolute Gasteiger partial charge is 0.101 e. The summed E-state index contributed by atoms with van der Waals surface area (Å²) in [6.45, 7) is 8.84. The zero-order valence-corrected chi connectivity index (χ0v) is 8.40. The quantitative estimate of drug-likeness (QED) is 0.619. The molecule has 2 atom stereocenters. The van der Waals surface area contributed by atoms with Gasteiger partial charge in [-0.1, -0.05) is 0 Å². The molecule has 0 N–H and O–H groups in total. The maximum Gasteiger partial charge on any atom is 0.101 e. The highest BCUT2D eigenvalue weighted by Gasteiger charge is 2.25. The van der Waals surface area contributed by atoms with E-state index >= 15 is 0 Å². The standard InChI is InChI=1S/C9H18N2O2/c1-8-3-10(6-12-8)5-11-4-9(2)13-7-11/h8-9H,3-7H2,1-2H3/t8-,9-/m1/s1. The Balaban J connectivity index is 1.72. The average molecular weight is 186 g/mol. The van der Waals surface area contributed by atoms with Crippen LogP contribution in [0.3, 0.4) is 0 Å². The van der Waals surface area contributed by atoms with E-state index < -0.39 is 0 Å². The molecule has 0 saturated carbocycles. The highest BCUT2D eigenvalue weighted by molar-refractivity contribution is 4.70. The van der Waals surface area contributed by atoms with Gasteiger partial charge >= 0.3 is 0 Å². The molecule has 4 heteroatoms. The normalized spacial score (nSPS) is 37.4. The zero-order chi connectivity index (χ0) is 9.26. The summed E-state index contributed by atoms with van der Waals surface area (Å²) in [5.74, 6) is 0. The van der Waals surface area contributed by atoms with Gasteiger partial charge in [0.1, 0.15) is 13.5 Å². The van der Waals surface area contributed by atoms with Crippen molar-refractivity contribution in [1.82, 2.24) is 9.80 Å². The first-order chi connectivity index (χ1) is 6.24. The van der Waals surface area contributed by atoms with Gasteiger partial charge in [0.05, 0.1) is 18.9 Å². The summed E-state index contributed by atoms with van der Waals surface area (Å²) in [5.41, 5.74) is 0. The fraction of sp³-hybridized carbons (Fsp3) is 1.00. The summed E-state index contributed by atoms with van der Waals surface area (Å²) in [6, 6.07) is 0. The molecule has 4 nitrogen and oxygen atoms in total. The van der Waals surface area contributed by atoms with Crippen LogP contribution in [-0.2, 0) is 9.47 Å². The minimum atomic E-state index is 0.390. The van der Waals surface area contributed by atoms with Crippen molar-refractivity contribution in [2.24, 2.45) is 0 Å². The van der Waals surface area contributed by atoms with Crippen LogP contribution in [0.4, 0.5) is 0 Å². The maximum atomic E-state index is 5.46. The van der Waals surface area contributed by atoms with Crippen LogP contribution >= 0.6 is 0 Å². The van der Waals surface area contributed by atoms with Crippen LogP contribution in [-0.4, -0.2) is 55.2 Å². The van der Waals surface area contributed by atoms with Crippen LogP contribution in [0.5, 0.6) is 0 Å². The van der Waals surface area contributed by atoms with Crippen LogP contribution in [0, 0.1) is 0 Å². The second-order valence-corrected chi connectivity index (χ2v) is 4.06. The number of nitrogens with zero attached hydrogens (tertiary/aromatic N) is 2. The molecule has 2 heterocycles. The van der Waals surface area contributed by atoms with E-state index in [-0.39, 0.29) is 0 Å². The van der Waals surface area contributed by atoms with Gasteiger partial charge in [-0.05, 0) is 13.8 Å². The lowest BCUT2D eigenvalue weighted by molar-refractivity contribution is 0.0551. The summed E-state index contributed by atoms with van der Waals surface area (Å²) < 4.78 is 10.9. The SMILES string of the molecule is C[C@@H]1CN(CN2CO[C@H](C)C2)CO1. The Morgan fingerprint density at radius 3 is 1.77 bits per heavy atom. The summed E-state index contributed by atoms with van der Waals surface area (Å²) in [6.07, 6.45) is 0.780. The first-order valence-corrected chi connectivity index (χ1v) is 4.92. The number of hydrogen-bond donors (Lipinski definition) is 0. The van der Waals surface area contributed by atoms with Gasteiger partial charge in [0.25, 0.3) is 0 Å². The van der Waals surface area contributed by atoms with Crippen molar-refractivity contribution >= 4 is 0 Å². The number of hydrogen-bond acceptors (Lipinski definition) is 4. The van der Waals surface area contributed by atoms with Gasteiger partial charge in [0.2, 0.25) is 0 Å². The molecule has 2 saturated heterocycles. The molecule has 0 aromatic rings. The van der Waals surface area contributed by atoms with Crippen LogP contribution < -0.4 is 0 Å². The van der Waals surface area contributed by atoms with Crippen LogP contribution in [0.2, 0.25) is 0 Å². The van der Waals surface area contributed by atoms with Crippen molar-refractivity contribution in [2.75, 3.05) is 33.2 Å². The Bertz CT molecular complexity index is 159. The van der Waals surface area contributed by atoms with Gasteiger partial charge in [0, 0.05) is 13.1 Å². The molecule has 2 aliphatic heterocycles. The first kappa shape index (κ1) is 9.40. The molecule has 0 unspecified atom stereocenters. The number of ether oxygens (including phenoxy) is 2. The summed E-state index contributed by atoms with van der Waals surface area (Å²) in [4.78, 5) is 4.62. The molecule has 0 aliphatic carbocycles. The Morgan fingerprint density at radius 2 is 1.46 bits per heavy atom. The molecular formula is C9H18N2O2. The van der Waals surface area contributed by atoms with E-state index in [0.29, 0.717) is 12.2 Å². The molecule has 2 fully saturated rings. The van der Waals surface area contributed by atoms with E-state index in [2.05, 4.69) is 23.6 Å². The van der Waals surface area contributed by atoms with Gasteiger partial charge in [-0.25, -0.2) is 0 Å². The lowest BCUT2D eigenvalue weighted by Gasteiger charge is -2.20. The van der Waals surface area contributed by atoms with Crippen molar-refractivity contribution in [3.63, 3.8) is 0 Å². The van der Waals surface area contributed by atoms with Gasteiger partial charge in [0.15, 0.2) is 0 Å². The lowest BCUT2D eigenvalue weighted by atomic mass is 10.4. The van der Waals surface area contributed by atoms with Crippen molar-refractivity contribution < 1.29 is 9.47 Å². The van der Waals surface area contributed by atoms with E-state index in [1.54, 1.807) is 0 Å². The van der Waals surface area contributed by atoms with E-state index in [9.17, 15) is 0 Å². The van der Waals surface area contributed by atoms with Crippen LogP contribution in [0.1, 0.15) is 13.8 Å². The number of rotatable bonds is 2. The summed E-state index contributed by atoms with van der Waals surface area (Å²) in [7, 11) is 0.